The molecule has 0 aliphatic carbocycles. The maximum Gasteiger partial charge on any atom is 0.150 e. The lowest BCUT2D eigenvalue weighted by Gasteiger charge is -2.09. The lowest BCUT2D eigenvalue weighted by atomic mass is 9.98. The first-order valence-corrected chi connectivity index (χ1v) is 5.88. The zero-order valence-electron chi connectivity index (χ0n) is 9.21. The van der Waals surface area contributed by atoms with Crippen LogP contribution in [-0.2, 0) is 0 Å². The lowest BCUT2D eigenvalue weighted by Crippen LogP contribution is -1.89. The van der Waals surface area contributed by atoms with Gasteiger partial charge in [0.2, 0.25) is 0 Å². The summed E-state index contributed by atoms with van der Waals surface area (Å²) >= 11 is 12.1. The van der Waals surface area contributed by atoms with Gasteiger partial charge in [-0.2, -0.15) is 0 Å². The Kier molecular flexibility index (Phi) is 3.51. The van der Waals surface area contributed by atoms with E-state index in [0.717, 1.165) is 23.0 Å². The molecule has 0 heterocycles. The quantitative estimate of drug-likeness (QED) is 0.714. The van der Waals surface area contributed by atoms with Gasteiger partial charge in [0.05, 0.1) is 0 Å². The van der Waals surface area contributed by atoms with Crippen molar-refractivity contribution in [1.82, 2.24) is 0 Å². The van der Waals surface area contributed by atoms with Crippen molar-refractivity contribution >= 4 is 29.5 Å². The number of halogens is 2. The predicted octanol–water partition coefficient (Wildman–Crippen LogP) is 4.78. The minimum absolute atomic E-state index is 0.586. The van der Waals surface area contributed by atoms with Crippen LogP contribution in [0.1, 0.15) is 15.9 Å². The summed E-state index contributed by atoms with van der Waals surface area (Å²) in [6, 6.07) is 10.8. The van der Waals surface area contributed by atoms with E-state index in [2.05, 4.69) is 0 Å². The Labute approximate surface area is 110 Å². The number of carbonyl (C=O) groups excluding carboxylic acids is 1. The smallest absolute Gasteiger partial charge is 0.150 e. The highest BCUT2D eigenvalue weighted by Crippen LogP contribution is 2.32. The van der Waals surface area contributed by atoms with E-state index in [-0.39, 0.29) is 0 Å². The van der Waals surface area contributed by atoms with E-state index < -0.39 is 0 Å². The van der Waals surface area contributed by atoms with Crippen molar-refractivity contribution in [2.24, 2.45) is 0 Å². The van der Waals surface area contributed by atoms with Gasteiger partial charge in [0, 0.05) is 21.2 Å². The zero-order chi connectivity index (χ0) is 12.4. The Morgan fingerprint density at radius 2 is 1.76 bits per heavy atom. The summed E-state index contributed by atoms with van der Waals surface area (Å²) in [6.07, 6.45) is 0.825. The van der Waals surface area contributed by atoms with Gasteiger partial charge in [0.1, 0.15) is 0 Å². The summed E-state index contributed by atoms with van der Waals surface area (Å²) in [7, 11) is 0. The summed E-state index contributed by atoms with van der Waals surface area (Å²) < 4.78 is 0. The van der Waals surface area contributed by atoms with E-state index in [1.807, 2.05) is 19.1 Å². The van der Waals surface area contributed by atoms with E-state index in [9.17, 15) is 4.79 Å². The molecule has 0 aliphatic rings. The lowest BCUT2D eigenvalue weighted by molar-refractivity contribution is 0.112. The topological polar surface area (TPSA) is 17.1 Å². The third-order valence-electron chi connectivity index (χ3n) is 2.55. The monoisotopic (exact) mass is 264 g/mol. The molecule has 0 bridgehead atoms. The van der Waals surface area contributed by atoms with Crippen molar-refractivity contribution in [2.75, 3.05) is 0 Å². The second-order valence-corrected chi connectivity index (χ2v) is 4.68. The van der Waals surface area contributed by atoms with Crippen LogP contribution in [-0.4, -0.2) is 6.29 Å². The van der Waals surface area contributed by atoms with Crippen molar-refractivity contribution in [3.05, 3.63) is 57.6 Å². The van der Waals surface area contributed by atoms with Crippen LogP contribution in [0.5, 0.6) is 0 Å². The molecule has 2 aromatic rings. The number of aryl methyl sites for hydroxylation is 1. The minimum atomic E-state index is 0.586. The number of carbonyl (C=O) groups is 1. The van der Waals surface area contributed by atoms with Crippen LogP contribution in [0.25, 0.3) is 11.1 Å². The fourth-order valence-electron chi connectivity index (χ4n) is 1.71. The van der Waals surface area contributed by atoms with Crippen LogP contribution < -0.4 is 0 Å². The van der Waals surface area contributed by atoms with Gasteiger partial charge >= 0.3 is 0 Å². The van der Waals surface area contributed by atoms with Gasteiger partial charge in [-0.15, -0.1) is 0 Å². The molecule has 0 aliphatic heterocycles. The Bertz CT molecular complexity index is 576. The van der Waals surface area contributed by atoms with Crippen LogP contribution in [0.4, 0.5) is 0 Å². The molecule has 0 radical (unpaired) electrons. The molecule has 3 heteroatoms. The molecule has 0 unspecified atom stereocenters. The SMILES string of the molecule is Cc1ccc(C=O)c(-c2cc(Cl)ccc2Cl)c1. The second kappa shape index (κ2) is 4.91. The molecule has 0 spiro atoms. The number of hydrogen-bond donors (Lipinski definition) is 0. The molecular weight excluding hydrogens is 255 g/mol. The largest absolute Gasteiger partial charge is 0.298 e. The van der Waals surface area contributed by atoms with E-state index in [1.165, 1.54) is 0 Å². The number of hydrogen-bond acceptors (Lipinski definition) is 1. The van der Waals surface area contributed by atoms with E-state index in [1.54, 1.807) is 24.3 Å². The third-order valence-corrected chi connectivity index (χ3v) is 3.12. The average molecular weight is 265 g/mol. The van der Waals surface area contributed by atoms with E-state index >= 15 is 0 Å². The molecule has 1 nitrogen and oxygen atoms in total. The molecule has 0 aromatic heterocycles. The Hall–Kier alpha value is -1.31. The van der Waals surface area contributed by atoms with Gasteiger partial charge in [0.15, 0.2) is 6.29 Å². The average Bonchev–Trinajstić information content (AvgIpc) is 2.32. The highest BCUT2D eigenvalue weighted by Gasteiger charge is 2.09. The van der Waals surface area contributed by atoms with Gasteiger partial charge in [-0.1, -0.05) is 47.0 Å². The van der Waals surface area contributed by atoms with Crippen molar-refractivity contribution in [1.29, 1.82) is 0 Å². The first kappa shape index (κ1) is 12.2. The molecule has 86 valence electrons. The van der Waals surface area contributed by atoms with Crippen molar-refractivity contribution in [3.63, 3.8) is 0 Å². The predicted molar refractivity (Wildman–Crippen MR) is 72.0 cm³/mol. The first-order chi connectivity index (χ1) is 8.11. The molecule has 0 saturated heterocycles. The first-order valence-electron chi connectivity index (χ1n) is 5.13. The van der Waals surface area contributed by atoms with E-state index in [4.69, 9.17) is 23.2 Å². The van der Waals surface area contributed by atoms with Gasteiger partial charge in [-0.05, 0) is 30.7 Å². The molecule has 0 atom stereocenters. The molecule has 17 heavy (non-hydrogen) atoms. The number of rotatable bonds is 2. The van der Waals surface area contributed by atoms with Crippen molar-refractivity contribution in [2.45, 2.75) is 6.92 Å². The van der Waals surface area contributed by atoms with Crippen LogP contribution in [0.2, 0.25) is 10.0 Å². The van der Waals surface area contributed by atoms with Crippen molar-refractivity contribution < 1.29 is 4.79 Å². The fraction of sp³-hybridized carbons (Fsp3) is 0.0714. The maximum atomic E-state index is 11.0. The van der Waals surface area contributed by atoms with E-state index in [0.29, 0.717) is 15.6 Å². The van der Waals surface area contributed by atoms with Crippen LogP contribution in [0, 0.1) is 6.92 Å². The molecule has 0 N–H and O–H groups in total. The highest BCUT2D eigenvalue weighted by atomic mass is 35.5. The highest BCUT2D eigenvalue weighted by molar-refractivity contribution is 6.35. The van der Waals surface area contributed by atoms with Gasteiger partial charge in [-0.25, -0.2) is 0 Å². The van der Waals surface area contributed by atoms with Gasteiger partial charge in [-0.3, -0.25) is 4.79 Å². The van der Waals surface area contributed by atoms with Gasteiger partial charge < -0.3 is 0 Å². The Morgan fingerprint density at radius 1 is 1.00 bits per heavy atom. The summed E-state index contributed by atoms with van der Waals surface area (Å²) in [5.74, 6) is 0. The zero-order valence-corrected chi connectivity index (χ0v) is 10.7. The minimum Gasteiger partial charge on any atom is -0.298 e. The standard InChI is InChI=1S/C14H10Cl2O/c1-9-2-3-10(8-17)12(6-9)13-7-11(15)4-5-14(13)16/h2-8H,1H3. The Balaban J connectivity index is 2.70. The van der Waals surface area contributed by atoms with Gasteiger partial charge in [0.25, 0.3) is 0 Å². The molecule has 0 fully saturated rings. The fourth-order valence-corrected chi connectivity index (χ4v) is 2.10. The van der Waals surface area contributed by atoms with Crippen LogP contribution >= 0.6 is 23.2 Å². The third kappa shape index (κ3) is 2.51. The van der Waals surface area contributed by atoms with Crippen LogP contribution in [0.3, 0.4) is 0 Å². The normalized spacial score (nSPS) is 10.3. The summed E-state index contributed by atoms with van der Waals surface area (Å²) in [4.78, 5) is 11.0. The molecule has 2 aromatic carbocycles. The molecular formula is C14H10Cl2O. The van der Waals surface area contributed by atoms with Crippen molar-refractivity contribution in [3.8, 4) is 11.1 Å². The number of benzene rings is 2. The second-order valence-electron chi connectivity index (χ2n) is 3.83. The Morgan fingerprint density at radius 3 is 2.47 bits per heavy atom. The molecule has 0 saturated carbocycles. The summed E-state index contributed by atoms with van der Waals surface area (Å²) in [6.45, 7) is 1.97. The summed E-state index contributed by atoms with van der Waals surface area (Å²) in [5.41, 5.74) is 3.28. The molecule has 2 rings (SSSR count). The summed E-state index contributed by atoms with van der Waals surface area (Å²) in [5, 5.41) is 1.19. The van der Waals surface area contributed by atoms with Crippen LogP contribution in [0.15, 0.2) is 36.4 Å². The molecule has 0 amide bonds. The maximum absolute atomic E-state index is 11.0. The number of aldehydes is 1.